The van der Waals surface area contributed by atoms with Crippen molar-refractivity contribution in [3.05, 3.63) is 35.4 Å². The number of rotatable bonds is 4. The van der Waals surface area contributed by atoms with E-state index in [2.05, 4.69) is 18.0 Å². The third-order valence-electron chi connectivity index (χ3n) is 6.15. The number of likely N-dealkylation sites (tertiary alicyclic amines) is 1. The van der Waals surface area contributed by atoms with E-state index in [1.807, 2.05) is 31.2 Å². The van der Waals surface area contributed by atoms with Crippen LogP contribution < -0.4 is 0 Å². The van der Waals surface area contributed by atoms with Crippen molar-refractivity contribution in [2.75, 3.05) is 20.1 Å². The normalized spacial score (nSPS) is 22.3. The van der Waals surface area contributed by atoms with E-state index >= 15 is 0 Å². The molecule has 1 aromatic rings. The predicted molar refractivity (Wildman–Crippen MR) is 97.1 cm³/mol. The molecule has 1 aliphatic carbocycles. The van der Waals surface area contributed by atoms with Crippen LogP contribution in [0.2, 0.25) is 0 Å². The minimum atomic E-state index is -0.617. The first-order valence-corrected chi connectivity index (χ1v) is 9.44. The molecule has 1 saturated heterocycles. The SMILES string of the molecule is CN1CCC(OC(=O)C(C)(c2ccc(C#N)cc2)C2CCCC2)CC1. The van der Waals surface area contributed by atoms with Gasteiger partial charge < -0.3 is 9.64 Å². The Morgan fingerprint density at radius 3 is 2.32 bits per heavy atom. The van der Waals surface area contributed by atoms with Crippen molar-refractivity contribution in [2.24, 2.45) is 5.92 Å². The summed E-state index contributed by atoms with van der Waals surface area (Å²) in [5.41, 5.74) is 0.992. The standard InChI is InChI=1S/C21H28N2O2/c1-21(17-5-3-4-6-17,18-9-7-16(15-22)8-10-18)20(24)25-19-11-13-23(2)14-12-19/h7-10,17,19H,3-6,11-14H2,1-2H3. The van der Waals surface area contributed by atoms with Gasteiger partial charge in [-0.15, -0.1) is 0 Å². The molecule has 1 unspecified atom stereocenters. The topological polar surface area (TPSA) is 53.3 Å². The van der Waals surface area contributed by atoms with Crippen LogP contribution in [0.4, 0.5) is 0 Å². The van der Waals surface area contributed by atoms with Gasteiger partial charge >= 0.3 is 5.97 Å². The highest BCUT2D eigenvalue weighted by atomic mass is 16.5. The molecule has 0 aromatic heterocycles. The Labute approximate surface area is 150 Å². The van der Waals surface area contributed by atoms with Gasteiger partial charge in [-0.2, -0.15) is 5.26 Å². The molecule has 0 N–H and O–H groups in total. The fourth-order valence-electron chi connectivity index (χ4n) is 4.29. The van der Waals surface area contributed by atoms with Gasteiger partial charge in [-0.25, -0.2) is 0 Å². The summed E-state index contributed by atoms with van der Waals surface area (Å²) in [6.45, 7) is 4.01. The maximum atomic E-state index is 13.3. The van der Waals surface area contributed by atoms with E-state index in [0.717, 1.165) is 44.3 Å². The second-order valence-corrected chi connectivity index (χ2v) is 7.78. The van der Waals surface area contributed by atoms with Crippen LogP contribution in [0.15, 0.2) is 24.3 Å². The third kappa shape index (κ3) is 3.72. The number of piperidine rings is 1. The van der Waals surface area contributed by atoms with Crippen LogP contribution in [-0.4, -0.2) is 37.1 Å². The van der Waals surface area contributed by atoms with Gasteiger partial charge in [0.05, 0.1) is 17.0 Å². The largest absolute Gasteiger partial charge is 0.462 e. The van der Waals surface area contributed by atoms with Crippen molar-refractivity contribution in [3.63, 3.8) is 0 Å². The number of hydrogen-bond donors (Lipinski definition) is 0. The van der Waals surface area contributed by atoms with Crippen molar-refractivity contribution < 1.29 is 9.53 Å². The number of benzene rings is 1. The van der Waals surface area contributed by atoms with Crippen LogP contribution in [0, 0.1) is 17.2 Å². The molecular weight excluding hydrogens is 312 g/mol. The lowest BCUT2D eigenvalue weighted by molar-refractivity contribution is -0.160. The van der Waals surface area contributed by atoms with Gasteiger partial charge in [0.15, 0.2) is 0 Å². The zero-order chi connectivity index (χ0) is 17.9. The van der Waals surface area contributed by atoms with Crippen LogP contribution >= 0.6 is 0 Å². The number of carbonyl (C=O) groups is 1. The Bertz CT molecular complexity index is 635. The van der Waals surface area contributed by atoms with Crippen LogP contribution in [0.25, 0.3) is 0 Å². The number of hydrogen-bond acceptors (Lipinski definition) is 4. The fourth-order valence-corrected chi connectivity index (χ4v) is 4.29. The van der Waals surface area contributed by atoms with E-state index in [1.54, 1.807) is 0 Å². The van der Waals surface area contributed by atoms with Crippen LogP contribution in [0.3, 0.4) is 0 Å². The van der Waals surface area contributed by atoms with Gasteiger partial charge in [0, 0.05) is 13.1 Å². The zero-order valence-electron chi connectivity index (χ0n) is 15.3. The summed E-state index contributed by atoms with van der Waals surface area (Å²) in [6.07, 6.45) is 6.35. The first kappa shape index (κ1) is 17.9. The maximum Gasteiger partial charge on any atom is 0.316 e. The minimum absolute atomic E-state index is 0.0304. The molecule has 1 aliphatic heterocycles. The molecule has 0 bridgehead atoms. The maximum absolute atomic E-state index is 13.3. The molecule has 1 aromatic carbocycles. The number of carbonyl (C=O) groups excluding carboxylic acids is 1. The Kier molecular flexibility index (Phi) is 5.44. The molecule has 1 saturated carbocycles. The van der Waals surface area contributed by atoms with Crippen molar-refractivity contribution >= 4 is 5.97 Å². The van der Waals surface area contributed by atoms with Crippen molar-refractivity contribution in [3.8, 4) is 6.07 Å². The zero-order valence-corrected chi connectivity index (χ0v) is 15.3. The molecule has 0 amide bonds. The van der Waals surface area contributed by atoms with E-state index in [9.17, 15) is 4.79 Å². The Balaban J connectivity index is 1.82. The Hall–Kier alpha value is -1.86. The Morgan fingerprint density at radius 2 is 1.76 bits per heavy atom. The summed E-state index contributed by atoms with van der Waals surface area (Å²) in [5.74, 6) is 0.234. The highest BCUT2D eigenvalue weighted by molar-refractivity contribution is 5.83. The summed E-state index contributed by atoms with van der Waals surface area (Å²) < 4.78 is 6.00. The molecular formula is C21H28N2O2. The molecule has 4 heteroatoms. The molecule has 25 heavy (non-hydrogen) atoms. The first-order valence-electron chi connectivity index (χ1n) is 9.44. The highest BCUT2D eigenvalue weighted by Crippen LogP contribution is 2.43. The summed E-state index contributed by atoms with van der Waals surface area (Å²) in [6, 6.07) is 9.65. The van der Waals surface area contributed by atoms with Crippen molar-refractivity contribution in [1.29, 1.82) is 5.26 Å². The molecule has 0 spiro atoms. The second-order valence-electron chi connectivity index (χ2n) is 7.78. The second kappa shape index (κ2) is 7.58. The summed E-state index contributed by atoms with van der Waals surface area (Å²) in [4.78, 5) is 15.5. The van der Waals surface area contributed by atoms with Crippen molar-refractivity contribution in [1.82, 2.24) is 4.90 Å². The molecule has 2 aliphatic rings. The first-order chi connectivity index (χ1) is 12.0. The van der Waals surface area contributed by atoms with E-state index in [0.29, 0.717) is 11.5 Å². The monoisotopic (exact) mass is 340 g/mol. The average molecular weight is 340 g/mol. The van der Waals surface area contributed by atoms with Crippen LogP contribution in [0.1, 0.15) is 56.6 Å². The molecule has 1 atom stereocenters. The highest BCUT2D eigenvalue weighted by Gasteiger charge is 2.46. The molecule has 3 rings (SSSR count). The summed E-state index contributed by atoms with van der Waals surface area (Å²) in [7, 11) is 2.11. The van der Waals surface area contributed by atoms with Gasteiger partial charge in [0.2, 0.25) is 0 Å². The fraction of sp³-hybridized carbons (Fsp3) is 0.619. The summed E-state index contributed by atoms with van der Waals surface area (Å²) >= 11 is 0. The number of nitriles is 1. The molecule has 134 valence electrons. The van der Waals surface area contributed by atoms with Gasteiger partial charge in [0.25, 0.3) is 0 Å². The lowest BCUT2D eigenvalue weighted by Gasteiger charge is -2.37. The van der Waals surface area contributed by atoms with Gasteiger partial charge in [-0.3, -0.25) is 4.79 Å². The number of nitrogens with zero attached hydrogens (tertiary/aromatic N) is 2. The van der Waals surface area contributed by atoms with E-state index in [4.69, 9.17) is 10.00 Å². The Morgan fingerprint density at radius 1 is 1.16 bits per heavy atom. The molecule has 0 radical (unpaired) electrons. The molecule has 4 nitrogen and oxygen atoms in total. The van der Waals surface area contributed by atoms with Crippen LogP contribution in [-0.2, 0) is 14.9 Å². The summed E-state index contributed by atoms with van der Waals surface area (Å²) in [5, 5.41) is 9.04. The third-order valence-corrected chi connectivity index (χ3v) is 6.15. The lowest BCUT2D eigenvalue weighted by Crippen LogP contribution is -2.44. The minimum Gasteiger partial charge on any atom is -0.462 e. The van der Waals surface area contributed by atoms with E-state index in [-0.39, 0.29) is 12.1 Å². The van der Waals surface area contributed by atoms with Crippen molar-refractivity contribution in [2.45, 2.75) is 57.0 Å². The number of esters is 1. The van der Waals surface area contributed by atoms with Crippen LogP contribution in [0.5, 0.6) is 0 Å². The average Bonchev–Trinajstić information content (AvgIpc) is 3.18. The van der Waals surface area contributed by atoms with E-state index in [1.165, 1.54) is 12.8 Å². The van der Waals surface area contributed by atoms with Gasteiger partial charge in [-0.1, -0.05) is 25.0 Å². The molecule has 1 heterocycles. The van der Waals surface area contributed by atoms with Gasteiger partial charge in [-0.05, 0) is 63.3 Å². The lowest BCUT2D eigenvalue weighted by atomic mass is 9.70. The molecule has 2 fully saturated rings. The predicted octanol–water partition coefficient (Wildman–Crippen LogP) is 3.64. The van der Waals surface area contributed by atoms with E-state index < -0.39 is 5.41 Å². The van der Waals surface area contributed by atoms with Gasteiger partial charge in [0.1, 0.15) is 6.10 Å². The smallest absolute Gasteiger partial charge is 0.316 e. The number of ether oxygens (including phenoxy) is 1. The quantitative estimate of drug-likeness (QED) is 0.785.